The third-order valence-corrected chi connectivity index (χ3v) is 6.09. The molecule has 164 valence electrons. The Balaban J connectivity index is 0.000000612. The van der Waals surface area contributed by atoms with E-state index in [4.69, 9.17) is 29.3 Å². The van der Waals surface area contributed by atoms with Crippen LogP contribution in [0, 0.1) is 0 Å². The highest BCUT2D eigenvalue weighted by Crippen LogP contribution is 2.28. The predicted molar refractivity (Wildman–Crippen MR) is 106 cm³/mol. The summed E-state index contributed by atoms with van der Waals surface area (Å²) in [5.41, 5.74) is 1.14. The van der Waals surface area contributed by atoms with Gasteiger partial charge in [0.2, 0.25) is 10.0 Å². The summed E-state index contributed by atoms with van der Waals surface area (Å²) in [6, 6.07) is 5.94. The van der Waals surface area contributed by atoms with Gasteiger partial charge in [-0.3, -0.25) is 4.90 Å². The van der Waals surface area contributed by atoms with E-state index in [9.17, 15) is 8.42 Å². The number of sulfonamides is 1. The Hall–Kier alpha value is -2.37. The van der Waals surface area contributed by atoms with Crippen LogP contribution in [-0.4, -0.2) is 85.4 Å². The first kappa shape index (κ1) is 24.7. The van der Waals surface area contributed by atoms with Gasteiger partial charge in [0.25, 0.3) is 0 Å². The number of hydrogen-bond donors (Lipinski definition) is 2. The highest BCUT2D eigenvalue weighted by atomic mass is 32.2. The number of rotatable bonds is 7. The van der Waals surface area contributed by atoms with Gasteiger partial charge in [-0.2, -0.15) is 4.31 Å². The van der Waals surface area contributed by atoms with Crippen molar-refractivity contribution in [2.45, 2.75) is 20.4 Å². The number of aliphatic carboxylic acids is 2. The molecule has 2 rings (SSSR count). The first-order valence-electron chi connectivity index (χ1n) is 9.10. The molecule has 0 atom stereocenters. The molecule has 0 spiro atoms. The number of carboxylic acids is 2. The lowest BCUT2D eigenvalue weighted by molar-refractivity contribution is -0.159. The van der Waals surface area contributed by atoms with Crippen LogP contribution in [0.5, 0.6) is 11.5 Å². The number of nitrogens with zero attached hydrogens (tertiary/aromatic N) is 2. The fraction of sp³-hybridized carbons (Fsp3) is 0.556. The number of methoxy groups -OCH3 is 1. The van der Waals surface area contributed by atoms with E-state index in [0.717, 1.165) is 36.7 Å². The van der Waals surface area contributed by atoms with Gasteiger partial charge >= 0.3 is 11.9 Å². The highest BCUT2D eigenvalue weighted by Gasteiger charge is 2.25. The molecule has 1 fully saturated rings. The van der Waals surface area contributed by atoms with Gasteiger partial charge in [-0.05, 0) is 31.5 Å². The number of benzene rings is 1. The second-order valence-electron chi connectivity index (χ2n) is 6.10. The minimum Gasteiger partial charge on any atom is -0.493 e. The van der Waals surface area contributed by atoms with E-state index in [1.807, 2.05) is 25.1 Å². The molecular formula is C18H28N2O8S. The van der Waals surface area contributed by atoms with E-state index < -0.39 is 22.0 Å². The van der Waals surface area contributed by atoms with Crippen molar-refractivity contribution >= 4 is 22.0 Å². The van der Waals surface area contributed by atoms with Gasteiger partial charge in [0.05, 0.1) is 19.5 Å². The first-order valence-corrected chi connectivity index (χ1v) is 10.7. The summed E-state index contributed by atoms with van der Waals surface area (Å²) in [6.07, 6.45) is 0. The quantitative estimate of drug-likeness (QED) is 0.598. The Morgan fingerprint density at radius 3 is 2.07 bits per heavy atom. The molecule has 0 bridgehead atoms. The van der Waals surface area contributed by atoms with Gasteiger partial charge in [-0.25, -0.2) is 18.0 Å². The van der Waals surface area contributed by atoms with Crippen molar-refractivity contribution in [2.75, 3.05) is 45.6 Å². The van der Waals surface area contributed by atoms with Crippen molar-refractivity contribution < 1.29 is 37.7 Å². The van der Waals surface area contributed by atoms with Crippen molar-refractivity contribution in [3.63, 3.8) is 0 Å². The van der Waals surface area contributed by atoms with Crippen LogP contribution < -0.4 is 9.47 Å². The highest BCUT2D eigenvalue weighted by molar-refractivity contribution is 7.89. The lowest BCUT2D eigenvalue weighted by atomic mass is 10.1. The zero-order chi connectivity index (χ0) is 22.0. The average molecular weight is 432 g/mol. The molecule has 0 saturated carbocycles. The van der Waals surface area contributed by atoms with Gasteiger partial charge in [0, 0.05) is 32.7 Å². The van der Waals surface area contributed by atoms with Crippen LogP contribution in [0.3, 0.4) is 0 Å². The van der Waals surface area contributed by atoms with Crippen molar-refractivity contribution in [3.05, 3.63) is 23.8 Å². The second-order valence-corrected chi connectivity index (χ2v) is 8.36. The topological polar surface area (TPSA) is 134 Å². The molecule has 1 aliphatic rings. The second kappa shape index (κ2) is 11.6. The van der Waals surface area contributed by atoms with E-state index in [0.29, 0.717) is 19.7 Å². The van der Waals surface area contributed by atoms with Crippen molar-refractivity contribution in [2.24, 2.45) is 0 Å². The average Bonchev–Trinajstić information content (AvgIpc) is 2.70. The monoisotopic (exact) mass is 432 g/mol. The normalized spacial score (nSPS) is 15.1. The van der Waals surface area contributed by atoms with Crippen LogP contribution in [0.1, 0.15) is 19.4 Å². The Labute approximate surface area is 170 Å². The first-order chi connectivity index (χ1) is 13.6. The van der Waals surface area contributed by atoms with Crippen molar-refractivity contribution in [1.29, 1.82) is 0 Å². The minimum absolute atomic E-state index is 0.170. The molecule has 0 aliphatic carbocycles. The molecule has 0 aromatic heterocycles. The summed E-state index contributed by atoms with van der Waals surface area (Å²) in [7, 11) is -1.44. The predicted octanol–water partition coefficient (Wildman–Crippen LogP) is 0.717. The maximum absolute atomic E-state index is 11.9. The van der Waals surface area contributed by atoms with Crippen LogP contribution in [0.2, 0.25) is 0 Å². The van der Waals surface area contributed by atoms with Crippen molar-refractivity contribution in [1.82, 2.24) is 9.21 Å². The largest absolute Gasteiger partial charge is 0.493 e. The van der Waals surface area contributed by atoms with Crippen molar-refractivity contribution in [3.8, 4) is 11.5 Å². The van der Waals surface area contributed by atoms with Crippen LogP contribution in [0.15, 0.2) is 18.2 Å². The maximum atomic E-state index is 11.9. The summed E-state index contributed by atoms with van der Waals surface area (Å²) in [5.74, 6) is -2.00. The summed E-state index contributed by atoms with van der Waals surface area (Å²) in [5, 5.41) is 14.8. The number of ether oxygens (including phenoxy) is 2. The zero-order valence-corrected chi connectivity index (χ0v) is 17.6. The van der Waals surface area contributed by atoms with Crippen LogP contribution in [0.4, 0.5) is 0 Å². The Kier molecular flexibility index (Phi) is 9.86. The fourth-order valence-corrected chi connectivity index (χ4v) is 3.78. The Morgan fingerprint density at radius 2 is 1.62 bits per heavy atom. The third-order valence-electron chi connectivity index (χ3n) is 4.21. The molecule has 1 saturated heterocycles. The lowest BCUT2D eigenvalue weighted by Gasteiger charge is -2.33. The number of piperazine rings is 1. The molecule has 0 unspecified atom stereocenters. The summed E-state index contributed by atoms with van der Waals surface area (Å²) in [4.78, 5) is 20.5. The molecule has 1 heterocycles. The van der Waals surface area contributed by atoms with E-state index >= 15 is 0 Å². The Bertz CT molecular complexity index is 777. The SMILES string of the molecule is CCOc1ccc(CN2CCN(S(=O)(=O)CC)CC2)cc1OC.O=C(O)C(=O)O. The van der Waals surface area contributed by atoms with Gasteiger partial charge in [-0.15, -0.1) is 0 Å². The third kappa shape index (κ3) is 7.87. The standard InChI is InChI=1S/C16H26N2O4S.C2H2O4/c1-4-22-15-7-6-14(12-16(15)21-3)13-17-8-10-18(11-9-17)23(19,20)5-2;3-1(4)2(5)6/h6-7,12H,4-5,8-11,13H2,1-3H3;(H,3,4)(H,5,6). The summed E-state index contributed by atoms with van der Waals surface area (Å²) < 4.78 is 36.2. The fourth-order valence-electron chi connectivity index (χ4n) is 2.69. The molecule has 0 radical (unpaired) electrons. The smallest absolute Gasteiger partial charge is 0.414 e. The molecule has 2 N–H and O–H groups in total. The van der Waals surface area contributed by atoms with E-state index in [1.165, 1.54) is 0 Å². The van der Waals surface area contributed by atoms with E-state index in [-0.39, 0.29) is 5.75 Å². The molecule has 11 heteroatoms. The van der Waals surface area contributed by atoms with Gasteiger partial charge in [0.15, 0.2) is 11.5 Å². The molecule has 1 aliphatic heterocycles. The molecule has 29 heavy (non-hydrogen) atoms. The van der Waals surface area contributed by atoms with Crippen LogP contribution in [0.25, 0.3) is 0 Å². The lowest BCUT2D eigenvalue weighted by Crippen LogP contribution is -2.48. The zero-order valence-electron chi connectivity index (χ0n) is 16.8. The molecule has 1 aromatic rings. The van der Waals surface area contributed by atoms with Gasteiger partial charge in [0.1, 0.15) is 0 Å². The van der Waals surface area contributed by atoms with Gasteiger partial charge in [-0.1, -0.05) is 6.07 Å². The summed E-state index contributed by atoms with van der Waals surface area (Å²) in [6.45, 7) is 7.62. The van der Waals surface area contributed by atoms with E-state index in [1.54, 1.807) is 18.3 Å². The minimum atomic E-state index is -3.07. The number of carboxylic acid groups (broad SMARTS) is 2. The Morgan fingerprint density at radius 1 is 1.03 bits per heavy atom. The van der Waals surface area contributed by atoms with E-state index in [2.05, 4.69) is 4.90 Å². The molecule has 1 aromatic carbocycles. The molecule has 0 amide bonds. The van der Waals surface area contributed by atoms with Crippen LogP contribution in [-0.2, 0) is 26.2 Å². The van der Waals surface area contributed by atoms with Crippen LogP contribution >= 0.6 is 0 Å². The molecular weight excluding hydrogens is 404 g/mol. The molecule has 10 nitrogen and oxygen atoms in total. The number of carbonyl (C=O) groups is 2. The summed E-state index contributed by atoms with van der Waals surface area (Å²) >= 11 is 0. The maximum Gasteiger partial charge on any atom is 0.414 e. The number of hydrogen-bond acceptors (Lipinski definition) is 7. The van der Waals surface area contributed by atoms with Gasteiger partial charge < -0.3 is 19.7 Å².